The monoisotopic (exact) mass is 436 g/mol. The molecule has 1 heterocycles. The third-order valence-electron chi connectivity index (χ3n) is 4.01. The second kappa shape index (κ2) is 8.58. The number of hydrogen-bond acceptors (Lipinski definition) is 6. The summed E-state index contributed by atoms with van der Waals surface area (Å²) in [7, 11) is 1.51. The van der Waals surface area contributed by atoms with Crippen LogP contribution in [-0.4, -0.2) is 39.1 Å². The Balaban J connectivity index is 1.71. The maximum absolute atomic E-state index is 13.3. The number of aliphatic imine (C=N–C) groups is 1. The second-order valence-electron chi connectivity index (χ2n) is 6.02. The van der Waals surface area contributed by atoms with E-state index in [0.717, 1.165) is 11.8 Å². The van der Waals surface area contributed by atoms with E-state index in [1.165, 1.54) is 48.3 Å². The van der Waals surface area contributed by atoms with Gasteiger partial charge in [0.25, 0.3) is 5.69 Å². The van der Waals surface area contributed by atoms with Gasteiger partial charge in [-0.05, 0) is 24.3 Å². The van der Waals surface area contributed by atoms with Crippen molar-refractivity contribution in [2.45, 2.75) is 11.7 Å². The minimum atomic E-state index is -0.738. The first-order valence-electron chi connectivity index (χ1n) is 8.27. The Labute approximate surface area is 173 Å². The van der Waals surface area contributed by atoms with Crippen LogP contribution in [0.2, 0.25) is 5.02 Å². The molecule has 11 heteroatoms. The summed E-state index contributed by atoms with van der Waals surface area (Å²) < 4.78 is 13.3. The summed E-state index contributed by atoms with van der Waals surface area (Å²) >= 11 is 6.82. The lowest BCUT2D eigenvalue weighted by molar-refractivity contribution is -0.383. The van der Waals surface area contributed by atoms with Gasteiger partial charge in [-0.3, -0.25) is 24.6 Å². The number of carbonyl (C=O) groups excluding carboxylic acids is 2. The number of para-hydroxylation sites is 2. The molecular formula is C18H14ClFN4O4S. The van der Waals surface area contributed by atoms with E-state index in [1.54, 1.807) is 6.07 Å². The molecule has 1 aliphatic heterocycles. The number of rotatable bonds is 5. The number of carbonyl (C=O) groups is 2. The normalized spacial score (nSPS) is 17.6. The Morgan fingerprint density at radius 1 is 1.38 bits per heavy atom. The maximum atomic E-state index is 13.3. The molecule has 1 fully saturated rings. The van der Waals surface area contributed by atoms with E-state index in [-0.39, 0.29) is 28.7 Å². The first-order valence-corrected chi connectivity index (χ1v) is 9.53. The van der Waals surface area contributed by atoms with Crippen LogP contribution in [0.25, 0.3) is 0 Å². The zero-order chi connectivity index (χ0) is 21.1. The Morgan fingerprint density at radius 3 is 2.79 bits per heavy atom. The van der Waals surface area contributed by atoms with Crippen molar-refractivity contribution < 1.29 is 18.9 Å². The van der Waals surface area contributed by atoms with Crippen molar-refractivity contribution in [3.8, 4) is 0 Å². The van der Waals surface area contributed by atoms with Gasteiger partial charge in [0, 0.05) is 19.5 Å². The van der Waals surface area contributed by atoms with E-state index in [0.29, 0.717) is 10.9 Å². The van der Waals surface area contributed by atoms with E-state index in [2.05, 4.69) is 10.3 Å². The Morgan fingerprint density at radius 2 is 2.10 bits per heavy atom. The summed E-state index contributed by atoms with van der Waals surface area (Å²) in [5.41, 5.74) is 0.184. The van der Waals surface area contributed by atoms with E-state index in [1.807, 2.05) is 0 Å². The standard InChI is InChI=1S/C18H14ClFN4O4S/c1-23-17(26)15(29-18(23)21-10-6-7-12(20)11(19)8-10)9-16(25)22-13-4-2-3-5-14(13)24(27)28/h2-8,15H,9H2,1H3,(H,22,25)/t15-/m0/s1. The highest BCUT2D eigenvalue weighted by Gasteiger charge is 2.37. The number of amidine groups is 1. The number of halogens is 2. The molecule has 0 bridgehead atoms. The molecule has 2 aromatic rings. The maximum Gasteiger partial charge on any atom is 0.292 e. The second-order valence-corrected chi connectivity index (χ2v) is 7.60. The molecule has 0 unspecified atom stereocenters. The quantitative estimate of drug-likeness (QED) is 0.563. The van der Waals surface area contributed by atoms with Gasteiger partial charge in [-0.2, -0.15) is 0 Å². The number of nitro groups is 1. The highest BCUT2D eigenvalue weighted by Crippen LogP contribution is 2.32. The molecule has 8 nitrogen and oxygen atoms in total. The third-order valence-corrected chi connectivity index (χ3v) is 5.53. The van der Waals surface area contributed by atoms with Crippen molar-refractivity contribution in [3.63, 3.8) is 0 Å². The summed E-state index contributed by atoms with van der Waals surface area (Å²) in [5.74, 6) is -1.45. The smallest absolute Gasteiger partial charge is 0.292 e. The van der Waals surface area contributed by atoms with Gasteiger partial charge in [0.15, 0.2) is 5.17 Å². The predicted octanol–water partition coefficient (Wildman–Crippen LogP) is 3.98. The Bertz CT molecular complexity index is 1030. The zero-order valence-corrected chi connectivity index (χ0v) is 16.5. The molecule has 0 aromatic heterocycles. The van der Waals surface area contributed by atoms with Crippen molar-refractivity contribution in [1.82, 2.24) is 4.90 Å². The summed E-state index contributed by atoms with van der Waals surface area (Å²) in [5, 5.41) is 13.0. The number of nitrogens with one attached hydrogen (secondary N) is 1. The van der Waals surface area contributed by atoms with Crippen molar-refractivity contribution >= 4 is 57.4 Å². The van der Waals surface area contributed by atoms with Gasteiger partial charge in [-0.1, -0.05) is 35.5 Å². The van der Waals surface area contributed by atoms with Crippen molar-refractivity contribution in [2.24, 2.45) is 4.99 Å². The van der Waals surface area contributed by atoms with Crippen molar-refractivity contribution in [2.75, 3.05) is 12.4 Å². The Kier molecular flexibility index (Phi) is 6.14. The van der Waals surface area contributed by atoms with Crippen LogP contribution >= 0.6 is 23.4 Å². The van der Waals surface area contributed by atoms with Gasteiger partial charge in [-0.25, -0.2) is 9.38 Å². The molecule has 2 amide bonds. The van der Waals surface area contributed by atoms with Crippen LogP contribution in [0.15, 0.2) is 47.5 Å². The van der Waals surface area contributed by atoms with Crippen LogP contribution in [0.4, 0.5) is 21.5 Å². The van der Waals surface area contributed by atoms with Gasteiger partial charge in [0.05, 0.1) is 15.6 Å². The molecule has 1 saturated heterocycles. The predicted molar refractivity (Wildman–Crippen MR) is 109 cm³/mol. The summed E-state index contributed by atoms with van der Waals surface area (Å²) in [6.07, 6.45) is -0.191. The SMILES string of the molecule is CN1C(=O)[C@H](CC(=O)Nc2ccccc2[N+](=O)[O-])SC1=Nc1ccc(F)c(Cl)c1. The lowest BCUT2D eigenvalue weighted by atomic mass is 10.2. The fraction of sp³-hybridized carbons (Fsp3) is 0.167. The molecule has 0 radical (unpaired) electrons. The van der Waals surface area contributed by atoms with Gasteiger partial charge in [0.1, 0.15) is 16.8 Å². The number of thioether (sulfide) groups is 1. The van der Waals surface area contributed by atoms with Gasteiger partial charge in [0.2, 0.25) is 11.8 Å². The largest absolute Gasteiger partial charge is 0.320 e. The summed E-state index contributed by atoms with van der Waals surface area (Å²) in [6, 6.07) is 9.65. The van der Waals surface area contributed by atoms with Gasteiger partial charge in [-0.15, -0.1) is 0 Å². The molecule has 0 aliphatic carbocycles. The first kappa shape index (κ1) is 20.7. The van der Waals surface area contributed by atoms with Crippen molar-refractivity contribution in [3.05, 3.63) is 63.4 Å². The number of benzene rings is 2. The van der Waals surface area contributed by atoms with Crippen LogP contribution in [0.5, 0.6) is 0 Å². The molecule has 0 spiro atoms. The first-order chi connectivity index (χ1) is 13.8. The lowest BCUT2D eigenvalue weighted by Crippen LogP contribution is -2.30. The van der Waals surface area contributed by atoms with Crippen LogP contribution in [0, 0.1) is 15.9 Å². The fourth-order valence-electron chi connectivity index (χ4n) is 2.57. The van der Waals surface area contributed by atoms with E-state index in [4.69, 9.17) is 11.6 Å². The number of anilines is 1. The van der Waals surface area contributed by atoms with Crippen molar-refractivity contribution in [1.29, 1.82) is 0 Å². The zero-order valence-electron chi connectivity index (χ0n) is 15.0. The van der Waals surface area contributed by atoms with Crippen LogP contribution in [-0.2, 0) is 9.59 Å². The number of nitro benzene ring substituents is 1. The van der Waals surface area contributed by atoms with E-state index < -0.39 is 21.9 Å². The molecule has 2 aromatic carbocycles. The molecule has 3 rings (SSSR count). The molecule has 150 valence electrons. The number of amides is 2. The van der Waals surface area contributed by atoms with E-state index in [9.17, 15) is 24.1 Å². The molecule has 29 heavy (non-hydrogen) atoms. The minimum absolute atomic E-state index is 0.0566. The molecule has 1 atom stereocenters. The van der Waals surface area contributed by atoms with Gasteiger partial charge >= 0.3 is 0 Å². The van der Waals surface area contributed by atoms with Gasteiger partial charge < -0.3 is 5.32 Å². The molecule has 1 N–H and O–H groups in total. The molecule has 0 saturated carbocycles. The Hall–Kier alpha value is -2.98. The highest BCUT2D eigenvalue weighted by atomic mass is 35.5. The summed E-state index contributed by atoms with van der Waals surface area (Å²) in [6.45, 7) is 0. The third kappa shape index (κ3) is 4.72. The summed E-state index contributed by atoms with van der Waals surface area (Å²) in [4.78, 5) is 40.8. The number of hydrogen-bond donors (Lipinski definition) is 1. The fourth-order valence-corrected chi connectivity index (χ4v) is 3.90. The highest BCUT2D eigenvalue weighted by molar-refractivity contribution is 8.15. The average Bonchev–Trinajstić information content (AvgIpc) is 2.92. The molecular weight excluding hydrogens is 423 g/mol. The van der Waals surface area contributed by atoms with Crippen LogP contribution < -0.4 is 5.32 Å². The molecule has 1 aliphatic rings. The lowest BCUT2D eigenvalue weighted by Gasteiger charge is -2.09. The van der Waals surface area contributed by atoms with Crippen LogP contribution in [0.1, 0.15) is 6.42 Å². The van der Waals surface area contributed by atoms with Crippen LogP contribution in [0.3, 0.4) is 0 Å². The average molecular weight is 437 g/mol. The van der Waals surface area contributed by atoms with E-state index >= 15 is 0 Å². The topological polar surface area (TPSA) is 105 Å². The minimum Gasteiger partial charge on any atom is -0.320 e. The number of nitrogens with zero attached hydrogens (tertiary/aromatic N) is 3.